The van der Waals surface area contributed by atoms with E-state index in [1.54, 1.807) is 7.11 Å². The highest BCUT2D eigenvalue weighted by atomic mass is 16.5. The number of rotatable bonds is 6. The number of methoxy groups -OCH3 is 1. The zero-order valence-electron chi connectivity index (χ0n) is 15.8. The molecule has 5 nitrogen and oxygen atoms in total. The summed E-state index contributed by atoms with van der Waals surface area (Å²) in [4.78, 5) is 9.54. The third-order valence-electron chi connectivity index (χ3n) is 4.39. The Bertz CT molecular complexity index is 1090. The van der Waals surface area contributed by atoms with Gasteiger partial charge in [-0.15, -0.1) is 0 Å². The van der Waals surface area contributed by atoms with Crippen molar-refractivity contribution in [1.82, 2.24) is 9.97 Å². The molecule has 1 aromatic heterocycles. The second-order valence-electron chi connectivity index (χ2n) is 6.20. The molecule has 0 aliphatic rings. The van der Waals surface area contributed by atoms with E-state index >= 15 is 0 Å². The molecule has 5 heteroatoms. The number of aromatic nitrogens is 2. The number of ether oxygens (including phenoxy) is 2. The van der Waals surface area contributed by atoms with Crippen LogP contribution < -0.4 is 14.8 Å². The first-order valence-electron chi connectivity index (χ1n) is 9.18. The monoisotopic (exact) mass is 371 g/mol. The van der Waals surface area contributed by atoms with Crippen molar-refractivity contribution in [3.05, 3.63) is 72.8 Å². The van der Waals surface area contributed by atoms with Crippen LogP contribution in [0.4, 0.5) is 11.5 Å². The highest BCUT2D eigenvalue weighted by molar-refractivity contribution is 5.92. The van der Waals surface area contributed by atoms with Gasteiger partial charge in [0.05, 0.1) is 24.9 Å². The van der Waals surface area contributed by atoms with Crippen molar-refractivity contribution in [3.8, 4) is 22.9 Å². The van der Waals surface area contributed by atoms with Crippen molar-refractivity contribution in [1.29, 1.82) is 0 Å². The molecular formula is C23H21N3O2. The average molecular weight is 371 g/mol. The number of nitrogens with one attached hydrogen (secondary N) is 1. The van der Waals surface area contributed by atoms with Crippen molar-refractivity contribution >= 4 is 22.4 Å². The molecule has 0 amide bonds. The fraction of sp³-hybridized carbons (Fsp3) is 0.130. The molecule has 0 saturated heterocycles. The van der Waals surface area contributed by atoms with E-state index in [1.165, 1.54) is 0 Å². The zero-order valence-corrected chi connectivity index (χ0v) is 15.8. The van der Waals surface area contributed by atoms with Crippen molar-refractivity contribution in [2.45, 2.75) is 6.92 Å². The Morgan fingerprint density at radius 1 is 0.857 bits per heavy atom. The van der Waals surface area contributed by atoms with Crippen molar-refractivity contribution in [3.63, 3.8) is 0 Å². The summed E-state index contributed by atoms with van der Waals surface area (Å²) in [5.41, 5.74) is 2.67. The van der Waals surface area contributed by atoms with Gasteiger partial charge in [-0.3, -0.25) is 0 Å². The number of anilines is 2. The lowest BCUT2D eigenvalue weighted by Gasteiger charge is -2.14. The highest BCUT2D eigenvalue weighted by Gasteiger charge is 2.11. The van der Waals surface area contributed by atoms with Gasteiger partial charge in [0.15, 0.2) is 5.82 Å². The van der Waals surface area contributed by atoms with Crippen LogP contribution in [0.3, 0.4) is 0 Å². The molecular weight excluding hydrogens is 350 g/mol. The Hall–Kier alpha value is -3.60. The van der Waals surface area contributed by atoms with Crippen LogP contribution in [0.25, 0.3) is 22.3 Å². The summed E-state index contributed by atoms with van der Waals surface area (Å²) >= 11 is 0. The van der Waals surface area contributed by atoms with Crippen molar-refractivity contribution in [2.24, 2.45) is 0 Å². The van der Waals surface area contributed by atoms with Gasteiger partial charge >= 0.3 is 0 Å². The van der Waals surface area contributed by atoms with Gasteiger partial charge in [-0.25, -0.2) is 9.97 Å². The normalized spacial score (nSPS) is 10.6. The third kappa shape index (κ3) is 3.60. The number of hydrogen-bond acceptors (Lipinski definition) is 5. The van der Waals surface area contributed by atoms with E-state index in [1.807, 2.05) is 79.7 Å². The van der Waals surface area contributed by atoms with Gasteiger partial charge in [0.25, 0.3) is 0 Å². The molecule has 0 spiro atoms. The average Bonchev–Trinajstić information content (AvgIpc) is 2.75. The van der Waals surface area contributed by atoms with Crippen LogP contribution in [0, 0.1) is 0 Å². The maximum atomic E-state index is 5.74. The predicted octanol–water partition coefficient (Wildman–Crippen LogP) is 5.45. The van der Waals surface area contributed by atoms with Crippen molar-refractivity contribution in [2.75, 3.05) is 19.0 Å². The first-order chi connectivity index (χ1) is 13.8. The van der Waals surface area contributed by atoms with Crippen LogP contribution in [0.5, 0.6) is 11.5 Å². The van der Waals surface area contributed by atoms with Crippen molar-refractivity contribution < 1.29 is 9.47 Å². The maximum absolute atomic E-state index is 5.74. The molecule has 140 valence electrons. The SMILES string of the molecule is CCOc1ccccc1Nc1nc(-c2ccc(OC)cc2)nc2ccccc12. The highest BCUT2D eigenvalue weighted by Crippen LogP contribution is 2.31. The first-order valence-corrected chi connectivity index (χ1v) is 9.18. The van der Waals surface area contributed by atoms with E-state index in [0.717, 1.165) is 39.5 Å². The van der Waals surface area contributed by atoms with E-state index < -0.39 is 0 Å². The molecule has 1 heterocycles. The molecule has 0 aliphatic carbocycles. The lowest BCUT2D eigenvalue weighted by Crippen LogP contribution is -2.02. The van der Waals surface area contributed by atoms with Gasteiger partial charge in [0.1, 0.15) is 17.3 Å². The van der Waals surface area contributed by atoms with Crippen LogP contribution in [0.2, 0.25) is 0 Å². The molecule has 3 aromatic carbocycles. The summed E-state index contributed by atoms with van der Waals surface area (Å²) in [6.07, 6.45) is 0. The van der Waals surface area contributed by atoms with E-state index in [0.29, 0.717) is 12.4 Å². The van der Waals surface area contributed by atoms with E-state index in [9.17, 15) is 0 Å². The lowest BCUT2D eigenvalue weighted by atomic mass is 10.1. The summed E-state index contributed by atoms with van der Waals surface area (Å²) in [6.45, 7) is 2.57. The van der Waals surface area contributed by atoms with E-state index in [2.05, 4.69) is 5.32 Å². The second kappa shape index (κ2) is 7.96. The van der Waals surface area contributed by atoms with Crippen LogP contribution in [-0.2, 0) is 0 Å². The summed E-state index contributed by atoms with van der Waals surface area (Å²) in [5.74, 6) is 2.98. The third-order valence-corrected chi connectivity index (χ3v) is 4.39. The fourth-order valence-corrected chi connectivity index (χ4v) is 3.02. The minimum atomic E-state index is 0.598. The second-order valence-corrected chi connectivity index (χ2v) is 6.20. The van der Waals surface area contributed by atoms with Crippen LogP contribution in [-0.4, -0.2) is 23.7 Å². The molecule has 0 aliphatic heterocycles. The van der Waals surface area contributed by atoms with Gasteiger partial charge in [0, 0.05) is 10.9 Å². The minimum Gasteiger partial charge on any atom is -0.497 e. The molecule has 4 aromatic rings. The zero-order chi connectivity index (χ0) is 19.3. The summed E-state index contributed by atoms with van der Waals surface area (Å²) < 4.78 is 11.0. The lowest BCUT2D eigenvalue weighted by molar-refractivity contribution is 0.342. The topological polar surface area (TPSA) is 56.3 Å². The number of para-hydroxylation sites is 3. The number of hydrogen-bond donors (Lipinski definition) is 1. The van der Waals surface area contributed by atoms with Gasteiger partial charge < -0.3 is 14.8 Å². The summed E-state index contributed by atoms with van der Waals surface area (Å²) in [7, 11) is 1.65. The molecule has 0 fully saturated rings. The molecule has 0 saturated carbocycles. The molecule has 0 unspecified atom stereocenters. The molecule has 0 atom stereocenters. The van der Waals surface area contributed by atoms with Crippen LogP contribution >= 0.6 is 0 Å². The summed E-state index contributed by atoms with van der Waals surface area (Å²) in [5, 5.41) is 4.38. The van der Waals surface area contributed by atoms with Crippen LogP contribution in [0.1, 0.15) is 6.92 Å². The Balaban J connectivity index is 1.81. The Morgan fingerprint density at radius 2 is 1.61 bits per heavy atom. The van der Waals surface area contributed by atoms with Gasteiger partial charge in [0.2, 0.25) is 0 Å². The Labute approximate surface area is 164 Å². The smallest absolute Gasteiger partial charge is 0.162 e. The predicted molar refractivity (Wildman–Crippen MR) is 112 cm³/mol. The molecule has 28 heavy (non-hydrogen) atoms. The fourth-order valence-electron chi connectivity index (χ4n) is 3.02. The molecule has 0 radical (unpaired) electrons. The molecule has 4 rings (SSSR count). The van der Waals surface area contributed by atoms with Gasteiger partial charge in [-0.2, -0.15) is 0 Å². The Morgan fingerprint density at radius 3 is 2.39 bits per heavy atom. The molecule has 1 N–H and O–H groups in total. The maximum Gasteiger partial charge on any atom is 0.162 e. The van der Waals surface area contributed by atoms with Crippen LogP contribution in [0.15, 0.2) is 72.8 Å². The Kier molecular flexibility index (Phi) is 5.06. The minimum absolute atomic E-state index is 0.598. The largest absolute Gasteiger partial charge is 0.497 e. The first kappa shape index (κ1) is 17.8. The molecule has 0 bridgehead atoms. The number of benzene rings is 3. The van der Waals surface area contributed by atoms with Gasteiger partial charge in [-0.05, 0) is 55.5 Å². The number of nitrogens with zero attached hydrogens (tertiary/aromatic N) is 2. The van der Waals surface area contributed by atoms with E-state index in [-0.39, 0.29) is 0 Å². The number of fused-ring (bicyclic) bond motifs is 1. The standard InChI is InChI=1S/C23H21N3O2/c1-3-28-21-11-7-6-10-20(21)25-23-18-8-4-5-9-19(18)24-22(26-23)16-12-14-17(27-2)15-13-16/h4-15H,3H2,1-2H3,(H,24,25,26). The van der Waals surface area contributed by atoms with Gasteiger partial charge in [-0.1, -0.05) is 24.3 Å². The quantitative estimate of drug-likeness (QED) is 0.488. The summed E-state index contributed by atoms with van der Waals surface area (Å²) in [6, 6.07) is 23.6. The van der Waals surface area contributed by atoms with E-state index in [4.69, 9.17) is 19.4 Å².